The Morgan fingerprint density at radius 1 is 1.11 bits per heavy atom. The summed E-state index contributed by atoms with van der Waals surface area (Å²) in [4.78, 5) is 2.82. The number of nitrogens with zero attached hydrogens (tertiary/aromatic N) is 1. The lowest BCUT2D eigenvalue weighted by Gasteiger charge is -2.45. The molecule has 2 heteroatoms. The van der Waals surface area contributed by atoms with E-state index in [0.717, 1.165) is 30.3 Å². The van der Waals surface area contributed by atoms with Crippen LogP contribution in [-0.2, 0) is 0 Å². The number of likely N-dealkylation sites (tertiary alicyclic amines) is 1. The molecular weight excluding hydrogens is 232 g/mol. The van der Waals surface area contributed by atoms with Gasteiger partial charge < -0.3 is 5.73 Å². The summed E-state index contributed by atoms with van der Waals surface area (Å²) in [6.07, 6.45) is 11.2. The van der Waals surface area contributed by atoms with E-state index in [1.165, 1.54) is 64.5 Å². The van der Waals surface area contributed by atoms with Crippen molar-refractivity contribution in [3.8, 4) is 0 Å². The average molecular weight is 266 g/mol. The van der Waals surface area contributed by atoms with E-state index in [-0.39, 0.29) is 0 Å². The van der Waals surface area contributed by atoms with Gasteiger partial charge in [0, 0.05) is 12.6 Å². The molecule has 0 radical (unpaired) electrons. The Balaban J connectivity index is 1.96. The van der Waals surface area contributed by atoms with Crippen LogP contribution in [0, 0.1) is 17.8 Å². The maximum absolute atomic E-state index is 6.06. The van der Waals surface area contributed by atoms with Crippen molar-refractivity contribution in [2.24, 2.45) is 23.5 Å². The van der Waals surface area contributed by atoms with Crippen molar-refractivity contribution < 1.29 is 0 Å². The highest BCUT2D eigenvalue weighted by molar-refractivity contribution is 4.89. The fourth-order valence-electron chi connectivity index (χ4n) is 4.42. The highest BCUT2D eigenvalue weighted by atomic mass is 15.2. The molecule has 2 fully saturated rings. The van der Waals surface area contributed by atoms with Crippen molar-refractivity contribution >= 4 is 0 Å². The molecule has 4 atom stereocenters. The smallest absolute Gasteiger partial charge is 0.0138 e. The lowest BCUT2D eigenvalue weighted by Crippen LogP contribution is -2.50. The Morgan fingerprint density at radius 2 is 1.95 bits per heavy atom. The van der Waals surface area contributed by atoms with E-state index in [4.69, 9.17) is 5.73 Å². The molecule has 0 amide bonds. The van der Waals surface area contributed by atoms with Crippen molar-refractivity contribution in [3.05, 3.63) is 0 Å². The summed E-state index contributed by atoms with van der Waals surface area (Å²) in [5.41, 5.74) is 6.06. The molecule has 1 saturated carbocycles. The van der Waals surface area contributed by atoms with Gasteiger partial charge in [-0.3, -0.25) is 4.90 Å². The van der Waals surface area contributed by atoms with Gasteiger partial charge in [0.2, 0.25) is 0 Å². The second kappa shape index (κ2) is 7.64. The van der Waals surface area contributed by atoms with Gasteiger partial charge >= 0.3 is 0 Å². The second-order valence-corrected chi connectivity index (χ2v) is 6.94. The van der Waals surface area contributed by atoms with Crippen LogP contribution in [0.1, 0.15) is 65.2 Å². The second-order valence-electron chi connectivity index (χ2n) is 6.94. The first-order valence-corrected chi connectivity index (χ1v) is 8.72. The number of rotatable bonds is 5. The van der Waals surface area contributed by atoms with Gasteiger partial charge in [-0.2, -0.15) is 0 Å². The quantitative estimate of drug-likeness (QED) is 0.823. The molecule has 19 heavy (non-hydrogen) atoms. The number of piperidine rings is 1. The normalized spacial score (nSPS) is 37.4. The summed E-state index contributed by atoms with van der Waals surface area (Å²) in [6, 6.07) is 0.796. The van der Waals surface area contributed by atoms with E-state index in [1.807, 2.05) is 0 Å². The van der Waals surface area contributed by atoms with Gasteiger partial charge in [-0.25, -0.2) is 0 Å². The minimum atomic E-state index is 0.767. The van der Waals surface area contributed by atoms with Crippen molar-refractivity contribution in [1.29, 1.82) is 0 Å². The molecule has 1 saturated heterocycles. The zero-order chi connectivity index (χ0) is 13.7. The van der Waals surface area contributed by atoms with Crippen molar-refractivity contribution in [2.75, 3.05) is 19.6 Å². The van der Waals surface area contributed by atoms with Crippen LogP contribution in [0.4, 0.5) is 0 Å². The lowest BCUT2D eigenvalue weighted by molar-refractivity contribution is 0.0441. The molecule has 2 N–H and O–H groups in total. The lowest BCUT2D eigenvalue weighted by atomic mass is 9.75. The number of hydrogen-bond acceptors (Lipinski definition) is 2. The third-order valence-electron chi connectivity index (χ3n) is 5.66. The highest BCUT2D eigenvalue weighted by Gasteiger charge is 2.35. The first-order valence-electron chi connectivity index (χ1n) is 8.72. The summed E-state index contributed by atoms with van der Waals surface area (Å²) in [5, 5.41) is 0. The predicted octanol–water partition coefficient (Wildman–Crippen LogP) is 3.65. The Labute approximate surface area is 120 Å². The predicted molar refractivity (Wildman–Crippen MR) is 83.2 cm³/mol. The molecular formula is C17H34N2. The van der Waals surface area contributed by atoms with Crippen LogP contribution in [0.5, 0.6) is 0 Å². The van der Waals surface area contributed by atoms with Gasteiger partial charge in [0.1, 0.15) is 0 Å². The van der Waals surface area contributed by atoms with Gasteiger partial charge in [0.25, 0.3) is 0 Å². The molecule has 2 rings (SSSR count). The van der Waals surface area contributed by atoms with Crippen LogP contribution < -0.4 is 5.73 Å². The highest BCUT2D eigenvalue weighted by Crippen LogP contribution is 2.36. The number of hydrogen-bond donors (Lipinski definition) is 1. The molecule has 4 unspecified atom stereocenters. The standard InChI is InChI=1S/C17H34N2/c1-3-6-15-8-9-16(12-18)17(11-15)19-10-5-7-14(4-2)13-19/h14-17H,3-13,18H2,1-2H3. The van der Waals surface area contributed by atoms with Crippen LogP contribution in [0.25, 0.3) is 0 Å². The van der Waals surface area contributed by atoms with E-state index in [0.29, 0.717) is 0 Å². The van der Waals surface area contributed by atoms with Crippen LogP contribution in [0.2, 0.25) is 0 Å². The Kier molecular flexibility index (Phi) is 6.15. The van der Waals surface area contributed by atoms with Crippen LogP contribution >= 0.6 is 0 Å². The van der Waals surface area contributed by atoms with E-state index >= 15 is 0 Å². The molecule has 1 heterocycles. The first-order chi connectivity index (χ1) is 9.28. The van der Waals surface area contributed by atoms with E-state index < -0.39 is 0 Å². The fourth-order valence-corrected chi connectivity index (χ4v) is 4.42. The van der Waals surface area contributed by atoms with Crippen LogP contribution in [-0.4, -0.2) is 30.6 Å². The third-order valence-corrected chi connectivity index (χ3v) is 5.66. The zero-order valence-corrected chi connectivity index (χ0v) is 13.1. The Morgan fingerprint density at radius 3 is 2.63 bits per heavy atom. The minimum Gasteiger partial charge on any atom is -0.330 e. The SMILES string of the molecule is CCCC1CCC(CN)C(N2CCCC(CC)C2)C1. The molecule has 0 spiro atoms. The summed E-state index contributed by atoms with van der Waals surface area (Å²) >= 11 is 0. The van der Waals surface area contributed by atoms with Crippen LogP contribution in [0.3, 0.4) is 0 Å². The monoisotopic (exact) mass is 266 g/mol. The largest absolute Gasteiger partial charge is 0.330 e. The minimum absolute atomic E-state index is 0.767. The third kappa shape index (κ3) is 3.95. The Hall–Kier alpha value is -0.0800. The average Bonchev–Trinajstić information content (AvgIpc) is 2.47. The van der Waals surface area contributed by atoms with Crippen LogP contribution in [0.15, 0.2) is 0 Å². The van der Waals surface area contributed by atoms with Crippen molar-refractivity contribution in [3.63, 3.8) is 0 Å². The summed E-state index contributed by atoms with van der Waals surface area (Å²) < 4.78 is 0. The molecule has 0 aromatic rings. The summed E-state index contributed by atoms with van der Waals surface area (Å²) in [7, 11) is 0. The maximum atomic E-state index is 6.06. The molecule has 2 aliphatic rings. The molecule has 0 aromatic heterocycles. The van der Waals surface area contributed by atoms with E-state index in [9.17, 15) is 0 Å². The maximum Gasteiger partial charge on any atom is 0.0138 e. The number of nitrogens with two attached hydrogens (primary N) is 1. The summed E-state index contributed by atoms with van der Waals surface area (Å²) in [5.74, 6) is 2.68. The van der Waals surface area contributed by atoms with Gasteiger partial charge in [0.05, 0.1) is 0 Å². The van der Waals surface area contributed by atoms with E-state index in [2.05, 4.69) is 18.7 Å². The molecule has 0 bridgehead atoms. The topological polar surface area (TPSA) is 29.3 Å². The fraction of sp³-hybridized carbons (Fsp3) is 1.00. The molecule has 1 aliphatic carbocycles. The van der Waals surface area contributed by atoms with Gasteiger partial charge in [-0.1, -0.05) is 39.5 Å². The van der Waals surface area contributed by atoms with Gasteiger partial charge in [0.15, 0.2) is 0 Å². The van der Waals surface area contributed by atoms with E-state index in [1.54, 1.807) is 0 Å². The molecule has 2 nitrogen and oxygen atoms in total. The Bertz CT molecular complexity index is 254. The first kappa shape index (κ1) is 15.3. The summed E-state index contributed by atoms with van der Waals surface area (Å²) in [6.45, 7) is 8.26. The molecule has 112 valence electrons. The van der Waals surface area contributed by atoms with Gasteiger partial charge in [-0.05, 0) is 56.5 Å². The van der Waals surface area contributed by atoms with Crippen molar-refractivity contribution in [1.82, 2.24) is 4.90 Å². The zero-order valence-electron chi connectivity index (χ0n) is 13.1. The van der Waals surface area contributed by atoms with Crippen molar-refractivity contribution in [2.45, 2.75) is 71.3 Å². The molecule has 1 aliphatic heterocycles. The molecule has 0 aromatic carbocycles. The van der Waals surface area contributed by atoms with Gasteiger partial charge in [-0.15, -0.1) is 0 Å².